The fraction of sp³-hybridized carbons (Fsp3) is 0.615. The van der Waals surface area contributed by atoms with Gasteiger partial charge in [-0.1, -0.05) is 18.9 Å². The Hall–Kier alpha value is -1.85. The van der Waals surface area contributed by atoms with Gasteiger partial charge in [-0.15, -0.1) is 0 Å². The second-order valence-corrected chi connectivity index (χ2v) is 4.64. The van der Waals surface area contributed by atoms with E-state index in [1.54, 1.807) is 0 Å². The van der Waals surface area contributed by atoms with Gasteiger partial charge in [-0.25, -0.2) is 4.79 Å². The molecule has 1 rings (SSSR count). The van der Waals surface area contributed by atoms with Crippen LogP contribution < -0.4 is 0 Å². The number of carboxylic acids is 2. The molecule has 106 valence electrons. The monoisotopic (exact) mass is 270 g/mol. The third-order valence-electron chi connectivity index (χ3n) is 3.33. The standard InChI is InChI=1S/C13H18O6/c1-19-11(14)7-10(13(17)18)9(12(15)16)6-8-4-2-3-5-8/h6,8,10H,2-5,7H2,1H3,(H,15,16)(H,17,18). The molecule has 6 heteroatoms. The van der Waals surface area contributed by atoms with Crippen molar-refractivity contribution in [2.45, 2.75) is 32.1 Å². The largest absolute Gasteiger partial charge is 0.481 e. The third kappa shape index (κ3) is 4.39. The Labute approximate surface area is 111 Å². The van der Waals surface area contributed by atoms with Crippen molar-refractivity contribution in [1.82, 2.24) is 0 Å². The Bertz CT molecular complexity index is 392. The van der Waals surface area contributed by atoms with Gasteiger partial charge in [-0.2, -0.15) is 0 Å². The zero-order valence-corrected chi connectivity index (χ0v) is 10.8. The van der Waals surface area contributed by atoms with Gasteiger partial charge < -0.3 is 14.9 Å². The van der Waals surface area contributed by atoms with Crippen LogP contribution in [0.25, 0.3) is 0 Å². The highest BCUT2D eigenvalue weighted by Gasteiger charge is 2.31. The van der Waals surface area contributed by atoms with Gasteiger partial charge in [0.15, 0.2) is 0 Å². The van der Waals surface area contributed by atoms with Crippen molar-refractivity contribution >= 4 is 17.9 Å². The smallest absolute Gasteiger partial charge is 0.332 e. The molecule has 0 aromatic heterocycles. The Morgan fingerprint density at radius 3 is 2.26 bits per heavy atom. The van der Waals surface area contributed by atoms with E-state index in [1.807, 2.05) is 0 Å². The van der Waals surface area contributed by atoms with Crippen molar-refractivity contribution in [3.63, 3.8) is 0 Å². The van der Waals surface area contributed by atoms with Crippen LogP contribution in [-0.2, 0) is 19.1 Å². The highest BCUT2D eigenvalue weighted by atomic mass is 16.5. The number of rotatable bonds is 6. The topological polar surface area (TPSA) is 101 Å². The van der Waals surface area contributed by atoms with Gasteiger partial charge in [0.05, 0.1) is 19.4 Å². The number of allylic oxidation sites excluding steroid dienone is 1. The second-order valence-electron chi connectivity index (χ2n) is 4.64. The summed E-state index contributed by atoms with van der Waals surface area (Å²) in [7, 11) is 1.14. The SMILES string of the molecule is COC(=O)CC(C(=O)O)C(=CC1CCCC1)C(=O)O. The molecule has 0 saturated heterocycles. The number of carboxylic acid groups (broad SMARTS) is 2. The van der Waals surface area contributed by atoms with Crippen LogP contribution in [0.3, 0.4) is 0 Å². The molecule has 0 aromatic carbocycles. The maximum absolute atomic E-state index is 11.2. The molecule has 1 aliphatic rings. The van der Waals surface area contributed by atoms with E-state index < -0.39 is 30.2 Å². The number of esters is 1. The molecular weight excluding hydrogens is 252 g/mol. The van der Waals surface area contributed by atoms with E-state index in [4.69, 9.17) is 10.2 Å². The maximum atomic E-state index is 11.2. The van der Waals surface area contributed by atoms with Crippen LogP contribution in [0.1, 0.15) is 32.1 Å². The summed E-state index contributed by atoms with van der Waals surface area (Å²) in [5.41, 5.74) is -0.218. The molecule has 2 N–H and O–H groups in total. The summed E-state index contributed by atoms with van der Waals surface area (Å²) in [4.78, 5) is 33.6. The number of carbonyl (C=O) groups excluding carboxylic acids is 1. The third-order valence-corrected chi connectivity index (χ3v) is 3.33. The van der Waals surface area contributed by atoms with Gasteiger partial charge >= 0.3 is 17.9 Å². The van der Waals surface area contributed by atoms with Crippen LogP contribution in [-0.4, -0.2) is 35.2 Å². The van der Waals surface area contributed by atoms with Crippen LogP contribution in [0.4, 0.5) is 0 Å². The summed E-state index contributed by atoms with van der Waals surface area (Å²) < 4.78 is 4.41. The van der Waals surface area contributed by atoms with Crippen LogP contribution in [0.2, 0.25) is 0 Å². The Balaban J connectivity index is 2.94. The Morgan fingerprint density at radius 2 is 1.84 bits per heavy atom. The molecule has 0 radical (unpaired) electrons. The minimum absolute atomic E-state index is 0.0885. The average molecular weight is 270 g/mol. The Morgan fingerprint density at radius 1 is 1.26 bits per heavy atom. The first-order chi connectivity index (χ1) is 8.95. The van der Waals surface area contributed by atoms with Gasteiger partial charge in [0.1, 0.15) is 0 Å². The predicted molar refractivity (Wildman–Crippen MR) is 65.4 cm³/mol. The highest BCUT2D eigenvalue weighted by Crippen LogP contribution is 2.29. The van der Waals surface area contributed by atoms with Gasteiger partial charge in [0, 0.05) is 5.57 Å². The second kappa shape index (κ2) is 6.92. The van der Waals surface area contributed by atoms with Crippen LogP contribution in [0, 0.1) is 11.8 Å². The van der Waals surface area contributed by atoms with E-state index in [9.17, 15) is 14.4 Å². The van der Waals surface area contributed by atoms with Crippen molar-refractivity contribution in [2.75, 3.05) is 7.11 Å². The summed E-state index contributed by atoms with van der Waals surface area (Å²) >= 11 is 0. The number of carbonyl (C=O) groups is 3. The average Bonchev–Trinajstić information content (AvgIpc) is 2.85. The van der Waals surface area contributed by atoms with E-state index in [-0.39, 0.29) is 11.5 Å². The maximum Gasteiger partial charge on any atom is 0.332 e. The molecule has 1 aliphatic carbocycles. The first-order valence-electron chi connectivity index (χ1n) is 6.20. The highest BCUT2D eigenvalue weighted by molar-refractivity contribution is 5.95. The van der Waals surface area contributed by atoms with Crippen molar-refractivity contribution < 1.29 is 29.3 Å². The van der Waals surface area contributed by atoms with Gasteiger partial charge in [-0.05, 0) is 18.8 Å². The van der Waals surface area contributed by atoms with E-state index in [1.165, 1.54) is 6.08 Å². The molecule has 6 nitrogen and oxygen atoms in total. The summed E-state index contributed by atoms with van der Waals surface area (Å²) in [6.07, 6.45) is 4.79. The van der Waals surface area contributed by atoms with Crippen LogP contribution in [0.5, 0.6) is 0 Å². The van der Waals surface area contributed by atoms with Crippen molar-refractivity contribution in [1.29, 1.82) is 0 Å². The Kier molecular flexibility index (Phi) is 5.54. The lowest BCUT2D eigenvalue weighted by Gasteiger charge is -2.14. The molecular formula is C13H18O6. The van der Waals surface area contributed by atoms with Crippen molar-refractivity contribution in [2.24, 2.45) is 11.8 Å². The lowest BCUT2D eigenvalue weighted by Crippen LogP contribution is -2.25. The summed E-state index contributed by atoms with van der Waals surface area (Å²) in [5, 5.41) is 18.3. The molecule has 1 atom stereocenters. The molecule has 1 unspecified atom stereocenters. The lowest BCUT2D eigenvalue weighted by molar-refractivity contribution is -0.150. The number of hydrogen-bond acceptors (Lipinski definition) is 4. The molecule has 0 bridgehead atoms. The molecule has 1 saturated carbocycles. The van der Waals surface area contributed by atoms with Crippen LogP contribution >= 0.6 is 0 Å². The van der Waals surface area contributed by atoms with Crippen LogP contribution in [0.15, 0.2) is 11.6 Å². The number of hydrogen-bond donors (Lipinski definition) is 2. The summed E-state index contributed by atoms with van der Waals surface area (Å²) in [6.45, 7) is 0. The van der Waals surface area contributed by atoms with E-state index in [0.717, 1.165) is 32.8 Å². The normalized spacial score (nSPS) is 18.1. The van der Waals surface area contributed by atoms with Crippen molar-refractivity contribution in [3.8, 4) is 0 Å². The first-order valence-corrected chi connectivity index (χ1v) is 6.20. The van der Waals surface area contributed by atoms with Crippen molar-refractivity contribution in [3.05, 3.63) is 11.6 Å². The lowest BCUT2D eigenvalue weighted by atomic mass is 9.91. The van der Waals surface area contributed by atoms with Gasteiger partial charge in [-0.3, -0.25) is 9.59 Å². The summed E-state index contributed by atoms with van der Waals surface area (Å²) in [6, 6.07) is 0. The molecule has 0 aliphatic heterocycles. The molecule has 0 aromatic rings. The molecule has 0 heterocycles. The van der Waals surface area contributed by atoms with E-state index in [0.29, 0.717) is 0 Å². The molecule has 1 fully saturated rings. The van der Waals surface area contributed by atoms with Gasteiger partial charge in [0.2, 0.25) is 0 Å². The first kappa shape index (κ1) is 15.2. The quantitative estimate of drug-likeness (QED) is 0.559. The minimum Gasteiger partial charge on any atom is -0.481 e. The molecule has 19 heavy (non-hydrogen) atoms. The zero-order valence-electron chi connectivity index (χ0n) is 10.8. The van der Waals surface area contributed by atoms with Gasteiger partial charge in [0.25, 0.3) is 0 Å². The molecule has 0 spiro atoms. The fourth-order valence-corrected chi connectivity index (χ4v) is 2.29. The number of aliphatic carboxylic acids is 2. The minimum atomic E-state index is -1.36. The zero-order chi connectivity index (χ0) is 14.4. The predicted octanol–water partition coefficient (Wildman–Crippen LogP) is 1.45. The molecule has 0 amide bonds. The van der Waals surface area contributed by atoms with E-state index >= 15 is 0 Å². The number of ether oxygens (including phenoxy) is 1. The fourth-order valence-electron chi connectivity index (χ4n) is 2.29. The summed E-state index contributed by atoms with van der Waals surface area (Å²) in [5.74, 6) is -4.61. The number of methoxy groups -OCH3 is 1. The van der Waals surface area contributed by atoms with E-state index in [2.05, 4.69) is 4.74 Å².